The lowest BCUT2D eigenvalue weighted by Crippen LogP contribution is -2.11. The predicted molar refractivity (Wildman–Crippen MR) is 79.9 cm³/mol. The van der Waals surface area contributed by atoms with Crippen LogP contribution in [0.4, 0.5) is 19.0 Å². The van der Waals surface area contributed by atoms with Crippen molar-refractivity contribution < 1.29 is 13.2 Å². The fourth-order valence-electron chi connectivity index (χ4n) is 1.93. The van der Waals surface area contributed by atoms with Crippen molar-refractivity contribution in [2.45, 2.75) is 45.7 Å². The molecule has 2 rings (SSSR count). The van der Waals surface area contributed by atoms with Crippen LogP contribution in [-0.4, -0.2) is 22.7 Å². The lowest BCUT2D eigenvalue weighted by molar-refractivity contribution is -0.134. The molecule has 1 N–H and O–H groups in total. The molecule has 0 unspecified atom stereocenters. The van der Waals surface area contributed by atoms with Crippen LogP contribution in [0.5, 0.6) is 0 Å². The number of thiophene rings is 1. The van der Waals surface area contributed by atoms with Crippen LogP contribution in [-0.2, 0) is 12.8 Å². The Hall–Kier alpha value is -1.37. The van der Waals surface area contributed by atoms with Gasteiger partial charge in [0.05, 0.1) is 11.8 Å². The minimum absolute atomic E-state index is 0.181. The number of aromatic nitrogens is 2. The predicted octanol–water partition coefficient (Wildman–Crippen LogP) is 4.57. The van der Waals surface area contributed by atoms with Gasteiger partial charge in [-0.3, -0.25) is 0 Å². The second-order valence-corrected chi connectivity index (χ2v) is 5.93. The smallest absolute Gasteiger partial charge is 0.369 e. The van der Waals surface area contributed by atoms with Crippen molar-refractivity contribution in [2.24, 2.45) is 0 Å². The zero-order valence-electron chi connectivity index (χ0n) is 12.0. The topological polar surface area (TPSA) is 37.8 Å². The first-order chi connectivity index (χ1) is 9.93. The fourth-order valence-corrected chi connectivity index (χ4v) is 2.92. The second-order valence-electron chi connectivity index (χ2n) is 4.82. The average molecular weight is 317 g/mol. The van der Waals surface area contributed by atoms with E-state index in [2.05, 4.69) is 15.3 Å². The number of hydrogen-bond donors (Lipinski definition) is 1. The Labute approximate surface area is 125 Å². The molecule has 2 aromatic heterocycles. The van der Waals surface area contributed by atoms with E-state index in [1.165, 1.54) is 11.3 Å². The lowest BCUT2D eigenvalue weighted by Gasteiger charge is -2.09. The number of anilines is 1. The summed E-state index contributed by atoms with van der Waals surface area (Å²) in [5.41, 5.74) is 0. The van der Waals surface area contributed by atoms with Crippen LogP contribution in [0.1, 0.15) is 37.4 Å². The molecule has 2 heterocycles. The zero-order chi connectivity index (χ0) is 15.5. The Bertz CT molecular complexity index is 607. The molecule has 0 aliphatic carbocycles. The molecule has 0 saturated carbocycles. The minimum atomic E-state index is -4.18. The molecule has 3 nitrogen and oxygen atoms in total. The SMILES string of the molecule is CCCNc1nc(CCC(F)(F)F)nc2sc(CC)cc12. The van der Waals surface area contributed by atoms with Crippen LogP contribution in [0.2, 0.25) is 0 Å². The van der Waals surface area contributed by atoms with Crippen LogP contribution in [0.3, 0.4) is 0 Å². The molecule has 0 aliphatic heterocycles. The van der Waals surface area contributed by atoms with E-state index in [9.17, 15) is 13.2 Å². The van der Waals surface area contributed by atoms with Crippen LogP contribution in [0.15, 0.2) is 6.07 Å². The molecule has 21 heavy (non-hydrogen) atoms. The summed E-state index contributed by atoms with van der Waals surface area (Å²) in [6, 6.07) is 2.02. The Morgan fingerprint density at radius 2 is 2.00 bits per heavy atom. The van der Waals surface area contributed by atoms with E-state index in [0.29, 0.717) is 5.82 Å². The summed E-state index contributed by atoms with van der Waals surface area (Å²) < 4.78 is 37.0. The summed E-state index contributed by atoms with van der Waals surface area (Å²) in [7, 11) is 0. The summed E-state index contributed by atoms with van der Waals surface area (Å²) in [4.78, 5) is 10.5. The van der Waals surface area contributed by atoms with Gasteiger partial charge in [-0.1, -0.05) is 13.8 Å². The number of halogens is 3. The number of fused-ring (bicyclic) bond motifs is 1. The molecular weight excluding hydrogens is 299 g/mol. The molecule has 0 aromatic carbocycles. The lowest BCUT2D eigenvalue weighted by atomic mass is 10.2. The first-order valence-electron chi connectivity index (χ1n) is 7.03. The molecule has 7 heteroatoms. The van der Waals surface area contributed by atoms with E-state index in [4.69, 9.17) is 0 Å². The molecule has 0 amide bonds. The molecule has 0 aliphatic rings. The number of nitrogens with one attached hydrogen (secondary N) is 1. The van der Waals surface area contributed by atoms with E-state index in [-0.39, 0.29) is 12.2 Å². The van der Waals surface area contributed by atoms with Gasteiger partial charge in [0.15, 0.2) is 0 Å². The quantitative estimate of drug-likeness (QED) is 0.848. The van der Waals surface area contributed by atoms with Crippen molar-refractivity contribution in [3.63, 3.8) is 0 Å². The number of rotatable bonds is 6. The van der Waals surface area contributed by atoms with Gasteiger partial charge >= 0.3 is 6.18 Å². The Morgan fingerprint density at radius 1 is 1.24 bits per heavy atom. The van der Waals surface area contributed by atoms with Crippen LogP contribution >= 0.6 is 11.3 Å². The van der Waals surface area contributed by atoms with Crippen molar-refractivity contribution >= 4 is 27.4 Å². The van der Waals surface area contributed by atoms with Crippen molar-refractivity contribution in [3.8, 4) is 0 Å². The monoisotopic (exact) mass is 317 g/mol. The van der Waals surface area contributed by atoms with Gasteiger partial charge in [0, 0.05) is 17.8 Å². The third kappa shape index (κ3) is 4.30. The van der Waals surface area contributed by atoms with Gasteiger partial charge in [-0.15, -0.1) is 11.3 Å². The molecule has 0 fully saturated rings. The zero-order valence-corrected chi connectivity index (χ0v) is 12.9. The van der Waals surface area contributed by atoms with Crippen molar-refractivity contribution in [1.82, 2.24) is 9.97 Å². The van der Waals surface area contributed by atoms with Gasteiger partial charge in [0.1, 0.15) is 16.5 Å². The molecule has 0 saturated heterocycles. The molecule has 116 valence electrons. The Balaban J connectivity index is 2.33. The number of alkyl halides is 3. The van der Waals surface area contributed by atoms with Gasteiger partial charge < -0.3 is 5.32 Å². The Morgan fingerprint density at radius 3 is 2.62 bits per heavy atom. The summed E-state index contributed by atoms with van der Waals surface area (Å²) in [5, 5.41) is 4.09. The van der Waals surface area contributed by atoms with E-state index in [1.807, 2.05) is 19.9 Å². The first kappa shape index (κ1) is 16.0. The highest BCUT2D eigenvalue weighted by Gasteiger charge is 2.27. The molecule has 0 bridgehead atoms. The van der Waals surface area contributed by atoms with Crippen molar-refractivity contribution in [1.29, 1.82) is 0 Å². The minimum Gasteiger partial charge on any atom is -0.369 e. The maximum atomic E-state index is 12.3. The van der Waals surface area contributed by atoms with Gasteiger partial charge in [-0.25, -0.2) is 9.97 Å². The van der Waals surface area contributed by atoms with Gasteiger partial charge in [-0.05, 0) is 18.9 Å². The fraction of sp³-hybridized carbons (Fsp3) is 0.571. The normalized spacial score (nSPS) is 12.0. The molecule has 2 aromatic rings. The standard InChI is InChI=1S/C14H18F3N3S/c1-3-7-18-12-10-8-9(4-2)21-13(10)20-11(19-12)5-6-14(15,16)17/h8H,3-7H2,1-2H3,(H,18,19,20). The first-order valence-corrected chi connectivity index (χ1v) is 7.84. The second kappa shape index (κ2) is 6.60. The largest absolute Gasteiger partial charge is 0.389 e. The highest BCUT2D eigenvalue weighted by molar-refractivity contribution is 7.18. The van der Waals surface area contributed by atoms with Crippen LogP contribution in [0.25, 0.3) is 10.2 Å². The van der Waals surface area contributed by atoms with Crippen LogP contribution < -0.4 is 5.32 Å². The van der Waals surface area contributed by atoms with Crippen molar-refractivity contribution in [3.05, 3.63) is 16.8 Å². The molecule has 0 radical (unpaired) electrons. The van der Waals surface area contributed by atoms with Crippen molar-refractivity contribution in [2.75, 3.05) is 11.9 Å². The van der Waals surface area contributed by atoms with E-state index < -0.39 is 12.6 Å². The van der Waals surface area contributed by atoms with Crippen LogP contribution in [0, 0.1) is 0 Å². The molecular formula is C14H18F3N3S. The number of nitrogens with zero attached hydrogens (tertiary/aromatic N) is 2. The Kier molecular flexibility index (Phi) is 5.03. The number of hydrogen-bond acceptors (Lipinski definition) is 4. The third-order valence-corrected chi connectivity index (χ3v) is 4.19. The average Bonchev–Trinajstić information content (AvgIpc) is 2.85. The maximum Gasteiger partial charge on any atom is 0.389 e. The summed E-state index contributed by atoms with van der Waals surface area (Å²) in [6.07, 6.45) is -3.45. The van der Waals surface area contributed by atoms with E-state index in [1.54, 1.807) is 0 Å². The summed E-state index contributed by atoms with van der Waals surface area (Å²) >= 11 is 1.52. The summed E-state index contributed by atoms with van der Waals surface area (Å²) in [5.74, 6) is 0.901. The van der Waals surface area contributed by atoms with Gasteiger partial charge in [0.25, 0.3) is 0 Å². The third-order valence-electron chi connectivity index (χ3n) is 3.01. The maximum absolute atomic E-state index is 12.3. The molecule has 0 spiro atoms. The number of aryl methyl sites for hydroxylation is 2. The molecule has 0 atom stereocenters. The van der Waals surface area contributed by atoms with E-state index >= 15 is 0 Å². The van der Waals surface area contributed by atoms with E-state index in [0.717, 1.165) is 34.5 Å². The summed E-state index contributed by atoms with van der Waals surface area (Å²) in [6.45, 7) is 4.81. The van der Waals surface area contributed by atoms with Gasteiger partial charge in [-0.2, -0.15) is 13.2 Å². The highest BCUT2D eigenvalue weighted by Crippen LogP contribution is 2.30. The highest BCUT2D eigenvalue weighted by atomic mass is 32.1. The van der Waals surface area contributed by atoms with Gasteiger partial charge in [0.2, 0.25) is 0 Å².